The van der Waals surface area contributed by atoms with E-state index in [0.29, 0.717) is 17.2 Å². The monoisotopic (exact) mass is 245 g/mol. The summed E-state index contributed by atoms with van der Waals surface area (Å²) < 4.78 is 5.50. The number of anilines is 1. The molecular formula is C16H23NO. The van der Waals surface area contributed by atoms with Crippen LogP contribution in [0.2, 0.25) is 0 Å². The van der Waals surface area contributed by atoms with Gasteiger partial charge in [-0.15, -0.1) is 0 Å². The molecule has 0 aliphatic rings. The predicted octanol–water partition coefficient (Wildman–Crippen LogP) is 4.71. The van der Waals surface area contributed by atoms with Crippen molar-refractivity contribution in [2.24, 2.45) is 0 Å². The van der Waals surface area contributed by atoms with Gasteiger partial charge in [-0.2, -0.15) is 0 Å². The zero-order valence-corrected chi connectivity index (χ0v) is 11.7. The molecule has 18 heavy (non-hydrogen) atoms. The van der Waals surface area contributed by atoms with Crippen LogP contribution in [-0.4, -0.2) is 0 Å². The van der Waals surface area contributed by atoms with Crippen LogP contribution < -0.4 is 10.5 Å². The molecule has 1 aromatic rings. The lowest BCUT2D eigenvalue weighted by Crippen LogP contribution is -1.91. The van der Waals surface area contributed by atoms with E-state index in [1.54, 1.807) is 6.07 Å². The van der Waals surface area contributed by atoms with Gasteiger partial charge in [-0.25, -0.2) is 0 Å². The number of hydrogen-bond donors (Lipinski definition) is 1. The van der Waals surface area contributed by atoms with E-state index in [2.05, 4.69) is 6.58 Å². The van der Waals surface area contributed by atoms with Crippen LogP contribution in [0.3, 0.4) is 0 Å². The number of hydrogen-bond acceptors (Lipinski definition) is 2. The highest BCUT2D eigenvalue weighted by Gasteiger charge is 1.95. The first-order valence-electron chi connectivity index (χ1n) is 6.15. The van der Waals surface area contributed by atoms with Gasteiger partial charge in [0.1, 0.15) is 11.5 Å². The summed E-state index contributed by atoms with van der Waals surface area (Å²) in [4.78, 5) is 0. The second-order valence-electron chi connectivity index (χ2n) is 3.51. The Morgan fingerprint density at radius 2 is 1.94 bits per heavy atom. The van der Waals surface area contributed by atoms with E-state index in [9.17, 15) is 0 Å². The molecule has 0 unspecified atom stereocenters. The molecule has 0 saturated carbocycles. The fourth-order valence-corrected chi connectivity index (χ4v) is 1.08. The van der Waals surface area contributed by atoms with Gasteiger partial charge >= 0.3 is 0 Å². The summed E-state index contributed by atoms with van der Waals surface area (Å²) in [6.07, 6.45) is 5.80. The Kier molecular flexibility index (Phi) is 8.12. The number of ether oxygens (including phenoxy) is 1. The Labute approximate surface area is 110 Å². The first-order valence-corrected chi connectivity index (χ1v) is 6.15. The van der Waals surface area contributed by atoms with E-state index in [1.165, 1.54) is 0 Å². The van der Waals surface area contributed by atoms with Crippen molar-refractivity contribution in [2.75, 3.05) is 5.73 Å². The maximum Gasteiger partial charge on any atom is 0.129 e. The summed E-state index contributed by atoms with van der Waals surface area (Å²) in [6, 6.07) is 7.27. The van der Waals surface area contributed by atoms with Gasteiger partial charge in [0, 0.05) is 11.8 Å². The van der Waals surface area contributed by atoms with Gasteiger partial charge in [-0.05, 0) is 32.1 Å². The summed E-state index contributed by atoms with van der Waals surface area (Å²) in [7, 11) is 0. The maximum absolute atomic E-state index is 5.64. The third-order valence-corrected chi connectivity index (χ3v) is 2.09. The lowest BCUT2D eigenvalue weighted by molar-refractivity contribution is 0.447. The van der Waals surface area contributed by atoms with Crippen molar-refractivity contribution in [3.8, 4) is 5.75 Å². The molecule has 0 atom stereocenters. The van der Waals surface area contributed by atoms with Crippen molar-refractivity contribution in [2.45, 2.75) is 27.7 Å². The first kappa shape index (κ1) is 16.0. The predicted molar refractivity (Wildman–Crippen MR) is 80.5 cm³/mol. The molecule has 1 rings (SSSR count). The maximum atomic E-state index is 5.64. The Hall–Kier alpha value is -1.96. The molecule has 0 heterocycles. The Morgan fingerprint density at radius 3 is 2.50 bits per heavy atom. The molecule has 98 valence electrons. The standard InChI is InChI=1S/C14H17NO.C2H6/c1-4-11(2)8-9-12(3)16-14-7-5-6-13(15)10-14;1-2/h4-10H,3,15H2,1-2H3;1-2H3/b9-8-,11-4-;. The van der Waals surface area contributed by atoms with Gasteiger partial charge in [0.05, 0.1) is 0 Å². The smallest absolute Gasteiger partial charge is 0.129 e. The highest BCUT2D eigenvalue weighted by molar-refractivity contribution is 5.44. The highest BCUT2D eigenvalue weighted by Crippen LogP contribution is 2.17. The summed E-state index contributed by atoms with van der Waals surface area (Å²) in [5, 5.41) is 0. The number of rotatable bonds is 4. The van der Waals surface area contributed by atoms with Gasteiger partial charge in [0.15, 0.2) is 0 Å². The molecule has 0 bridgehead atoms. The average molecular weight is 245 g/mol. The van der Waals surface area contributed by atoms with Crippen LogP contribution in [-0.2, 0) is 0 Å². The molecule has 0 aliphatic carbocycles. The van der Waals surface area contributed by atoms with Crippen LogP contribution in [0.5, 0.6) is 5.75 Å². The molecule has 0 aromatic heterocycles. The van der Waals surface area contributed by atoms with Gasteiger partial charge in [-0.1, -0.05) is 44.2 Å². The van der Waals surface area contributed by atoms with Crippen LogP contribution >= 0.6 is 0 Å². The highest BCUT2D eigenvalue weighted by atomic mass is 16.5. The molecule has 2 nitrogen and oxygen atoms in total. The van der Waals surface area contributed by atoms with Gasteiger partial charge in [0.25, 0.3) is 0 Å². The summed E-state index contributed by atoms with van der Waals surface area (Å²) in [5.41, 5.74) is 7.48. The van der Waals surface area contributed by atoms with Crippen molar-refractivity contribution in [1.82, 2.24) is 0 Å². The van der Waals surface area contributed by atoms with E-state index in [0.717, 1.165) is 5.57 Å². The van der Waals surface area contributed by atoms with Crippen LogP contribution in [0.15, 0.2) is 60.4 Å². The van der Waals surface area contributed by atoms with Crippen molar-refractivity contribution < 1.29 is 4.74 Å². The van der Waals surface area contributed by atoms with E-state index < -0.39 is 0 Å². The number of nitrogen functional groups attached to an aromatic ring is 1. The average Bonchev–Trinajstić information content (AvgIpc) is 2.38. The molecular weight excluding hydrogens is 222 g/mol. The Morgan fingerprint density at radius 1 is 1.28 bits per heavy atom. The van der Waals surface area contributed by atoms with E-state index >= 15 is 0 Å². The van der Waals surface area contributed by atoms with E-state index in [-0.39, 0.29) is 0 Å². The van der Waals surface area contributed by atoms with Crippen molar-refractivity contribution in [3.63, 3.8) is 0 Å². The quantitative estimate of drug-likeness (QED) is 0.473. The van der Waals surface area contributed by atoms with Crippen LogP contribution in [0.25, 0.3) is 0 Å². The molecule has 0 saturated heterocycles. The van der Waals surface area contributed by atoms with Gasteiger partial charge in [0.2, 0.25) is 0 Å². The topological polar surface area (TPSA) is 35.2 Å². The lowest BCUT2D eigenvalue weighted by Gasteiger charge is -2.05. The zero-order valence-electron chi connectivity index (χ0n) is 11.7. The Bertz CT molecular complexity index is 430. The Balaban J connectivity index is 0.00000137. The molecule has 0 fully saturated rings. The van der Waals surface area contributed by atoms with Crippen molar-refractivity contribution in [1.29, 1.82) is 0 Å². The zero-order chi connectivity index (χ0) is 14.0. The number of allylic oxidation sites excluding steroid dienone is 4. The molecule has 0 radical (unpaired) electrons. The summed E-state index contributed by atoms with van der Waals surface area (Å²) >= 11 is 0. The third-order valence-electron chi connectivity index (χ3n) is 2.09. The molecule has 2 heteroatoms. The molecule has 0 amide bonds. The molecule has 0 aliphatic heterocycles. The fourth-order valence-electron chi connectivity index (χ4n) is 1.08. The minimum Gasteiger partial charge on any atom is -0.458 e. The van der Waals surface area contributed by atoms with Crippen LogP contribution in [0, 0.1) is 0 Å². The number of benzene rings is 1. The molecule has 1 aromatic carbocycles. The van der Waals surface area contributed by atoms with Gasteiger partial charge in [-0.3, -0.25) is 0 Å². The van der Waals surface area contributed by atoms with E-state index in [1.807, 2.05) is 64.1 Å². The summed E-state index contributed by atoms with van der Waals surface area (Å²) in [5.74, 6) is 1.29. The fraction of sp³-hybridized carbons (Fsp3) is 0.250. The molecule has 0 spiro atoms. The second kappa shape index (κ2) is 9.11. The van der Waals surface area contributed by atoms with Crippen LogP contribution in [0.1, 0.15) is 27.7 Å². The largest absolute Gasteiger partial charge is 0.458 e. The summed E-state index contributed by atoms with van der Waals surface area (Å²) in [6.45, 7) is 11.8. The minimum atomic E-state index is 0.590. The van der Waals surface area contributed by atoms with Crippen molar-refractivity contribution in [3.05, 3.63) is 60.4 Å². The van der Waals surface area contributed by atoms with Crippen LogP contribution in [0.4, 0.5) is 5.69 Å². The molecule has 2 N–H and O–H groups in total. The van der Waals surface area contributed by atoms with E-state index in [4.69, 9.17) is 10.5 Å². The van der Waals surface area contributed by atoms with Crippen molar-refractivity contribution >= 4 is 5.69 Å². The second-order valence-corrected chi connectivity index (χ2v) is 3.51. The number of nitrogens with two attached hydrogens (primary N) is 1. The normalized spacial score (nSPS) is 10.8. The lowest BCUT2D eigenvalue weighted by atomic mass is 10.2. The third kappa shape index (κ3) is 6.59. The van der Waals surface area contributed by atoms with Gasteiger partial charge < -0.3 is 10.5 Å². The first-order chi connectivity index (χ1) is 8.61. The SMILES string of the molecule is C=C(/C=C\C(C)=C/C)Oc1cccc(N)c1.CC. The minimum absolute atomic E-state index is 0.590.